The molecule has 2 heterocycles. The lowest BCUT2D eigenvalue weighted by atomic mass is 10.2. The van der Waals surface area contributed by atoms with Gasteiger partial charge in [0.15, 0.2) is 0 Å². The fraction of sp³-hybridized carbons (Fsp3) is 0.500. The van der Waals surface area contributed by atoms with Crippen molar-refractivity contribution in [3.8, 4) is 0 Å². The van der Waals surface area contributed by atoms with Crippen LogP contribution in [0.25, 0.3) is 0 Å². The van der Waals surface area contributed by atoms with Crippen LogP contribution in [0.2, 0.25) is 5.02 Å². The van der Waals surface area contributed by atoms with Gasteiger partial charge in [0.1, 0.15) is 12.6 Å². The van der Waals surface area contributed by atoms with Gasteiger partial charge in [-0.1, -0.05) is 11.6 Å². The van der Waals surface area contributed by atoms with Crippen molar-refractivity contribution in [2.45, 2.75) is 6.04 Å². The zero-order valence-electron chi connectivity index (χ0n) is 11.3. The summed E-state index contributed by atoms with van der Waals surface area (Å²) in [7, 11) is 0. The molecule has 2 N–H and O–H groups in total. The van der Waals surface area contributed by atoms with Crippen LogP contribution < -0.4 is 10.6 Å². The highest BCUT2D eigenvalue weighted by molar-refractivity contribution is 6.30. The van der Waals surface area contributed by atoms with Gasteiger partial charge in [0.2, 0.25) is 0 Å². The van der Waals surface area contributed by atoms with E-state index in [1.165, 1.54) is 5.69 Å². The van der Waals surface area contributed by atoms with E-state index >= 15 is 0 Å². The third-order valence-corrected chi connectivity index (χ3v) is 4.02. The molecule has 2 aliphatic rings. The molecule has 108 valence electrons. The van der Waals surface area contributed by atoms with Gasteiger partial charge in [-0.2, -0.15) is 0 Å². The Morgan fingerprint density at radius 3 is 2.50 bits per heavy atom. The first-order chi connectivity index (χ1) is 9.70. The summed E-state index contributed by atoms with van der Waals surface area (Å²) in [5.41, 5.74) is 6.77. The number of ether oxygens (including phenoxy) is 1. The fourth-order valence-electron chi connectivity index (χ4n) is 2.67. The van der Waals surface area contributed by atoms with Crippen LogP contribution in [-0.2, 0) is 4.74 Å². The van der Waals surface area contributed by atoms with Gasteiger partial charge in [-0.3, -0.25) is 4.90 Å². The van der Waals surface area contributed by atoms with Gasteiger partial charge >= 0.3 is 0 Å². The quantitative estimate of drug-likeness (QED) is 0.909. The smallest absolute Gasteiger partial charge is 0.282 e. The van der Waals surface area contributed by atoms with Crippen molar-refractivity contribution in [2.75, 3.05) is 44.2 Å². The van der Waals surface area contributed by atoms with E-state index in [9.17, 15) is 0 Å². The number of halogens is 1. The summed E-state index contributed by atoms with van der Waals surface area (Å²) in [6, 6.07) is 8.56. The van der Waals surface area contributed by atoms with Gasteiger partial charge in [-0.15, -0.1) is 0 Å². The average molecular weight is 295 g/mol. The largest absolute Gasteiger partial charge is 0.463 e. The summed E-state index contributed by atoms with van der Waals surface area (Å²) < 4.78 is 5.19. The van der Waals surface area contributed by atoms with Crippen molar-refractivity contribution in [3.63, 3.8) is 0 Å². The highest BCUT2D eigenvalue weighted by Gasteiger charge is 2.23. The molecule has 3 rings (SSSR count). The summed E-state index contributed by atoms with van der Waals surface area (Å²) in [6.45, 7) is 5.66. The molecule has 0 aromatic heterocycles. The van der Waals surface area contributed by atoms with Crippen LogP contribution in [0.3, 0.4) is 0 Å². The first-order valence-electron chi connectivity index (χ1n) is 6.89. The van der Waals surface area contributed by atoms with Crippen LogP contribution in [0, 0.1) is 0 Å². The predicted octanol–water partition coefficient (Wildman–Crippen LogP) is 1.18. The van der Waals surface area contributed by atoms with Crippen LogP contribution >= 0.6 is 11.6 Å². The van der Waals surface area contributed by atoms with Crippen LogP contribution in [0.15, 0.2) is 29.3 Å². The first kappa shape index (κ1) is 13.5. The molecule has 5 nitrogen and oxygen atoms in total. The van der Waals surface area contributed by atoms with Crippen molar-refractivity contribution >= 4 is 23.3 Å². The van der Waals surface area contributed by atoms with Crippen LogP contribution in [-0.4, -0.2) is 56.3 Å². The Kier molecular flexibility index (Phi) is 3.98. The van der Waals surface area contributed by atoms with Crippen molar-refractivity contribution in [3.05, 3.63) is 29.3 Å². The lowest BCUT2D eigenvalue weighted by Crippen LogP contribution is -2.48. The number of anilines is 1. The number of hydrogen-bond donors (Lipinski definition) is 1. The van der Waals surface area contributed by atoms with Gasteiger partial charge in [0.05, 0.1) is 0 Å². The van der Waals surface area contributed by atoms with E-state index in [-0.39, 0.29) is 6.04 Å². The van der Waals surface area contributed by atoms with Gasteiger partial charge in [0.25, 0.3) is 6.02 Å². The molecule has 1 unspecified atom stereocenters. The average Bonchev–Trinajstić information content (AvgIpc) is 2.86. The summed E-state index contributed by atoms with van der Waals surface area (Å²) in [4.78, 5) is 9.08. The molecule has 1 fully saturated rings. The maximum atomic E-state index is 5.92. The van der Waals surface area contributed by atoms with Gasteiger partial charge in [-0.05, 0) is 24.3 Å². The Labute approximate surface area is 124 Å². The van der Waals surface area contributed by atoms with E-state index in [2.05, 4.69) is 26.9 Å². The van der Waals surface area contributed by atoms with E-state index in [0.717, 1.165) is 37.7 Å². The maximum Gasteiger partial charge on any atom is 0.282 e. The molecule has 1 aromatic rings. The summed E-state index contributed by atoms with van der Waals surface area (Å²) >= 11 is 5.92. The minimum absolute atomic E-state index is 0.192. The predicted molar refractivity (Wildman–Crippen MR) is 81.5 cm³/mol. The van der Waals surface area contributed by atoms with Crippen LogP contribution in [0.4, 0.5) is 5.69 Å². The molecular formula is C14H19ClN4O. The Hall–Kier alpha value is -1.46. The van der Waals surface area contributed by atoms with E-state index < -0.39 is 0 Å². The topological polar surface area (TPSA) is 54.1 Å². The minimum atomic E-state index is 0.192. The normalized spacial score (nSPS) is 23.6. The van der Waals surface area contributed by atoms with E-state index in [1.807, 2.05) is 12.1 Å². The highest BCUT2D eigenvalue weighted by atomic mass is 35.5. The Bertz CT molecular complexity index is 482. The lowest BCUT2D eigenvalue weighted by molar-refractivity contribution is 0.219. The third kappa shape index (κ3) is 3.16. The molecule has 0 aliphatic carbocycles. The van der Waals surface area contributed by atoms with Gasteiger partial charge < -0.3 is 15.4 Å². The van der Waals surface area contributed by atoms with Crippen molar-refractivity contribution in [1.29, 1.82) is 0 Å². The van der Waals surface area contributed by atoms with E-state index in [0.29, 0.717) is 12.6 Å². The van der Waals surface area contributed by atoms with Crippen LogP contribution in [0.5, 0.6) is 0 Å². The molecule has 1 aromatic carbocycles. The molecule has 1 atom stereocenters. The second-order valence-electron chi connectivity index (χ2n) is 5.20. The minimum Gasteiger partial charge on any atom is -0.463 e. The van der Waals surface area contributed by atoms with Crippen molar-refractivity contribution in [1.82, 2.24) is 4.90 Å². The number of aliphatic imine (C=N–C) groups is 1. The zero-order valence-corrected chi connectivity index (χ0v) is 12.1. The number of nitrogens with zero attached hydrogens (tertiary/aromatic N) is 3. The molecule has 2 aliphatic heterocycles. The number of benzene rings is 1. The van der Waals surface area contributed by atoms with E-state index in [4.69, 9.17) is 22.1 Å². The number of rotatable bonds is 3. The number of amidine groups is 1. The molecule has 0 amide bonds. The third-order valence-electron chi connectivity index (χ3n) is 3.77. The molecule has 20 heavy (non-hydrogen) atoms. The number of piperazine rings is 1. The molecular weight excluding hydrogens is 276 g/mol. The Morgan fingerprint density at radius 2 is 1.90 bits per heavy atom. The van der Waals surface area contributed by atoms with Crippen molar-refractivity contribution in [2.24, 2.45) is 10.7 Å². The zero-order chi connectivity index (χ0) is 13.9. The van der Waals surface area contributed by atoms with Gasteiger partial charge in [0, 0.05) is 43.4 Å². The summed E-state index contributed by atoms with van der Waals surface area (Å²) in [5, 5.41) is 0.782. The number of nitrogens with two attached hydrogens (primary N) is 1. The molecule has 1 saturated heterocycles. The maximum absolute atomic E-state index is 5.92. The number of hydrogen-bond acceptors (Lipinski definition) is 5. The standard InChI is InChI=1S/C14H19ClN4O/c15-11-1-3-13(4-2-11)19-7-5-18(6-8-19)9-12-10-20-14(16)17-12/h1-4,12H,5-10H2,(H2,16,17). The summed E-state index contributed by atoms with van der Waals surface area (Å²) in [6.07, 6.45) is 0. The van der Waals surface area contributed by atoms with E-state index in [1.54, 1.807) is 0 Å². The monoisotopic (exact) mass is 294 g/mol. The second kappa shape index (κ2) is 5.89. The Balaban J connectivity index is 1.50. The lowest BCUT2D eigenvalue weighted by Gasteiger charge is -2.36. The van der Waals surface area contributed by atoms with Crippen LogP contribution in [0.1, 0.15) is 0 Å². The summed E-state index contributed by atoms with van der Waals surface area (Å²) in [5.74, 6) is 0. The molecule has 0 saturated carbocycles. The second-order valence-corrected chi connectivity index (χ2v) is 5.63. The molecule has 0 spiro atoms. The SMILES string of the molecule is NC1=NC(CN2CCN(c3ccc(Cl)cc3)CC2)CO1. The fourth-order valence-corrected chi connectivity index (χ4v) is 2.79. The molecule has 0 bridgehead atoms. The van der Waals surface area contributed by atoms with Crippen molar-refractivity contribution < 1.29 is 4.74 Å². The van der Waals surface area contributed by atoms with Gasteiger partial charge in [-0.25, -0.2) is 4.99 Å². The highest BCUT2D eigenvalue weighted by Crippen LogP contribution is 2.19. The first-order valence-corrected chi connectivity index (χ1v) is 7.27. The Morgan fingerprint density at radius 1 is 1.20 bits per heavy atom. The molecule has 0 radical (unpaired) electrons. The molecule has 6 heteroatoms.